The van der Waals surface area contributed by atoms with E-state index in [0.717, 1.165) is 25.9 Å². The van der Waals surface area contributed by atoms with Crippen LogP contribution < -0.4 is 16.2 Å². The Morgan fingerprint density at radius 3 is 2.85 bits per heavy atom. The SMILES string of the molecule is O=C(Nc1ncc(C2CCNCC2)s1)c1ccc(-c2ccco2)[nH]c1=O. The quantitative estimate of drug-likeness (QED) is 0.656. The molecule has 0 spiro atoms. The Kier molecular flexibility index (Phi) is 4.68. The zero-order valence-corrected chi connectivity index (χ0v) is 14.8. The molecule has 0 bridgehead atoms. The molecule has 3 aromatic rings. The largest absolute Gasteiger partial charge is 0.463 e. The van der Waals surface area contributed by atoms with Crippen LogP contribution in [0.3, 0.4) is 0 Å². The normalized spacial score (nSPS) is 15.1. The predicted octanol–water partition coefficient (Wildman–Crippen LogP) is 2.81. The number of nitrogens with zero attached hydrogens (tertiary/aromatic N) is 1. The Balaban J connectivity index is 1.48. The van der Waals surface area contributed by atoms with Crippen LogP contribution in [0.1, 0.15) is 34.0 Å². The highest BCUT2D eigenvalue weighted by atomic mass is 32.1. The summed E-state index contributed by atoms with van der Waals surface area (Å²) < 4.78 is 5.25. The van der Waals surface area contributed by atoms with Crippen LogP contribution in [0, 0.1) is 0 Å². The number of aromatic amines is 1. The molecule has 4 rings (SSSR count). The van der Waals surface area contributed by atoms with E-state index in [9.17, 15) is 9.59 Å². The standard InChI is InChI=1S/C18H18N4O3S/c23-16-12(3-4-13(21-16)14-2-1-9-25-14)17(24)22-18-20-10-15(26-18)11-5-7-19-8-6-11/h1-4,9-11,19H,5-8H2,(H,21,23)(H,20,22,24). The van der Waals surface area contributed by atoms with Crippen molar-refractivity contribution < 1.29 is 9.21 Å². The minimum atomic E-state index is -0.469. The van der Waals surface area contributed by atoms with Gasteiger partial charge in [-0.15, -0.1) is 11.3 Å². The second kappa shape index (κ2) is 7.27. The predicted molar refractivity (Wildman–Crippen MR) is 99.7 cm³/mol. The number of hydrogen-bond acceptors (Lipinski definition) is 6. The van der Waals surface area contributed by atoms with Gasteiger partial charge in [-0.2, -0.15) is 0 Å². The summed E-state index contributed by atoms with van der Waals surface area (Å²) >= 11 is 1.47. The van der Waals surface area contributed by atoms with E-state index in [1.54, 1.807) is 18.2 Å². The van der Waals surface area contributed by atoms with Crippen molar-refractivity contribution in [3.05, 3.63) is 57.5 Å². The minimum Gasteiger partial charge on any atom is -0.463 e. The highest BCUT2D eigenvalue weighted by molar-refractivity contribution is 7.15. The number of thiazole rings is 1. The molecule has 0 radical (unpaired) electrons. The van der Waals surface area contributed by atoms with E-state index in [0.29, 0.717) is 22.5 Å². The molecule has 1 aliphatic heterocycles. The van der Waals surface area contributed by atoms with Gasteiger partial charge in [0.2, 0.25) is 0 Å². The maximum absolute atomic E-state index is 12.4. The second-order valence-corrected chi connectivity index (χ2v) is 7.20. The van der Waals surface area contributed by atoms with Gasteiger partial charge in [-0.05, 0) is 56.1 Å². The molecule has 7 nitrogen and oxygen atoms in total. The van der Waals surface area contributed by atoms with Gasteiger partial charge in [0.1, 0.15) is 11.3 Å². The lowest BCUT2D eigenvalue weighted by Gasteiger charge is -2.20. The van der Waals surface area contributed by atoms with Crippen molar-refractivity contribution in [2.45, 2.75) is 18.8 Å². The van der Waals surface area contributed by atoms with E-state index in [-0.39, 0.29) is 5.56 Å². The number of carbonyl (C=O) groups excluding carboxylic acids is 1. The van der Waals surface area contributed by atoms with Gasteiger partial charge in [0.15, 0.2) is 5.13 Å². The number of pyridine rings is 1. The zero-order chi connectivity index (χ0) is 17.9. The van der Waals surface area contributed by atoms with Crippen LogP contribution in [0.25, 0.3) is 11.5 Å². The molecule has 26 heavy (non-hydrogen) atoms. The lowest BCUT2D eigenvalue weighted by molar-refractivity contribution is 0.102. The van der Waals surface area contributed by atoms with Crippen molar-refractivity contribution in [3.8, 4) is 11.5 Å². The van der Waals surface area contributed by atoms with Crippen LogP contribution in [0.4, 0.5) is 5.13 Å². The molecule has 8 heteroatoms. The number of anilines is 1. The molecule has 1 fully saturated rings. The average molecular weight is 370 g/mol. The van der Waals surface area contributed by atoms with Crippen LogP contribution in [0.2, 0.25) is 0 Å². The third-order valence-electron chi connectivity index (χ3n) is 4.43. The van der Waals surface area contributed by atoms with Crippen LogP contribution in [-0.4, -0.2) is 29.0 Å². The van der Waals surface area contributed by atoms with Crippen LogP contribution in [-0.2, 0) is 0 Å². The Bertz CT molecular complexity index is 955. The summed E-state index contributed by atoms with van der Waals surface area (Å²) in [5.41, 5.74) is 0.101. The number of H-pyrrole nitrogens is 1. The molecule has 0 saturated carbocycles. The van der Waals surface area contributed by atoms with Gasteiger partial charge < -0.3 is 14.7 Å². The van der Waals surface area contributed by atoms with Gasteiger partial charge in [0.25, 0.3) is 11.5 Å². The van der Waals surface area contributed by atoms with E-state index < -0.39 is 11.5 Å². The molecule has 0 unspecified atom stereocenters. The summed E-state index contributed by atoms with van der Waals surface area (Å²) in [5.74, 6) is 0.555. The fourth-order valence-corrected chi connectivity index (χ4v) is 4.01. The van der Waals surface area contributed by atoms with E-state index >= 15 is 0 Å². The monoisotopic (exact) mass is 370 g/mol. The van der Waals surface area contributed by atoms with E-state index in [4.69, 9.17) is 4.42 Å². The van der Waals surface area contributed by atoms with Crippen LogP contribution >= 0.6 is 11.3 Å². The molecule has 3 N–H and O–H groups in total. The first-order valence-electron chi connectivity index (χ1n) is 8.46. The first-order chi connectivity index (χ1) is 12.7. The molecule has 1 saturated heterocycles. The molecule has 0 aliphatic carbocycles. The van der Waals surface area contributed by atoms with Gasteiger partial charge in [0.05, 0.1) is 12.0 Å². The van der Waals surface area contributed by atoms with Crippen molar-refractivity contribution >= 4 is 22.4 Å². The molecule has 0 atom stereocenters. The fraction of sp³-hybridized carbons (Fsp3) is 0.278. The van der Waals surface area contributed by atoms with Gasteiger partial charge >= 0.3 is 0 Å². The lowest BCUT2D eigenvalue weighted by Crippen LogP contribution is -2.26. The van der Waals surface area contributed by atoms with Gasteiger partial charge in [-0.3, -0.25) is 14.9 Å². The second-order valence-electron chi connectivity index (χ2n) is 6.14. The topological polar surface area (TPSA) is 100 Å². The van der Waals surface area contributed by atoms with E-state index in [1.807, 2.05) is 6.20 Å². The Labute approximate surface area is 153 Å². The summed E-state index contributed by atoms with van der Waals surface area (Å²) in [5, 5.41) is 6.57. The zero-order valence-electron chi connectivity index (χ0n) is 14.0. The van der Waals surface area contributed by atoms with Gasteiger partial charge in [0, 0.05) is 11.1 Å². The molecule has 1 amide bonds. The van der Waals surface area contributed by atoms with Crippen molar-refractivity contribution in [1.82, 2.24) is 15.3 Å². The third-order valence-corrected chi connectivity index (χ3v) is 5.50. The van der Waals surface area contributed by atoms with E-state index in [1.165, 1.54) is 28.5 Å². The molecule has 4 heterocycles. The van der Waals surface area contributed by atoms with Crippen molar-refractivity contribution in [3.63, 3.8) is 0 Å². The highest BCUT2D eigenvalue weighted by Gasteiger charge is 2.19. The molecular weight excluding hydrogens is 352 g/mol. The molecular formula is C18H18N4O3S. The minimum absolute atomic E-state index is 0.0407. The average Bonchev–Trinajstić information content (AvgIpc) is 3.34. The molecule has 1 aliphatic rings. The van der Waals surface area contributed by atoms with E-state index in [2.05, 4.69) is 20.6 Å². The number of carbonyl (C=O) groups is 1. The summed E-state index contributed by atoms with van der Waals surface area (Å²) in [6.07, 6.45) is 5.49. The lowest BCUT2D eigenvalue weighted by atomic mass is 9.97. The number of aromatic nitrogens is 2. The summed E-state index contributed by atoms with van der Waals surface area (Å²) in [7, 11) is 0. The number of nitrogens with one attached hydrogen (secondary N) is 3. The molecule has 134 valence electrons. The number of amides is 1. The summed E-state index contributed by atoms with van der Waals surface area (Å²) in [6.45, 7) is 2.00. The Morgan fingerprint density at radius 1 is 1.27 bits per heavy atom. The number of rotatable bonds is 4. The van der Waals surface area contributed by atoms with Crippen LogP contribution in [0.15, 0.2) is 45.9 Å². The number of furan rings is 1. The number of hydrogen-bond donors (Lipinski definition) is 3. The molecule has 0 aromatic carbocycles. The smallest absolute Gasteiger partial charge is 0.263 e. The third kappa shape index (κ3) is 3.47. The van der Waals surface area contributed by atoms with Crippen LogP contribution in [0.5, 0.6) is 0 Å². The Hall–Kier alpha value is -2.71. The Morgan fingerprint density at radius 2 is 2.12 bits per heavy atom. The summed E-state index contributed by atoms with van der Waals surface area (Å²) in [4.78, 5) is 32.8. The van der Waals surface area contributed by atoms with Crippen molar-refractivity contribution in [2.24, 2.45) is 0 Å². The number of piperidine rings is 1. The van der Waals surface area contributed by atoms with Crippen molar-refractivity contribution in [1.29, 1.82) is 0 Å². The first kappa shape index (κ1) is 16.7. The molecule has 3 aromatic heterocycles. The summed E-state index contributed by atoms with van der Waals surface area (Å²) in [6, 6.07) is 6.62. The van der Waals surface area contributed by atoms with Gasteiger partial charge in [-0.1, -0.05) is 0 Å². The first-order valence-corrected chi connectivity index (χ1v) is 9.27. The maximum Gasteiger partial charge on any atom is 0.263 e. The van der Waals surface area contributed by atoms with Crippen molar-refractivity contribution in [2.75, 3.05) is 18.4 Å². The van der Waals surface area contributed by atoms with Gasteiger partial charge in [-0.25, -0.2) is 4.98 Å². The highest BCUT2D eigenvalue weighted by Crippen LogP contribution is 2.31. The fourth-order valence-electron chi connectivity index (χ4n) is 3.03. The maximum atomic E-state index is 12.4.